The number of aromatic nitrogens is 1. The minimum Gasteiger partial charge on any atom is -0.396 e. The van der Waals surface area contributed by atoms with Crippen LogP contribution in [0.25, 0.3) is 10.8 Å². The summed E-state index contributed by atoms with van der Waals surface area (Å²) in [7, 11) is 0. The number of aliphatic hydroxyl groups is 1. The van der Waals surface area contributed by atoms with Gasteiger partial charge in [-0.05, 0) is 24.5 Å². The van der Waals surface area contributed by atoms with Crippen molar-refractivity contribution in [2.45, 2.75) is 13.3 Å². The number of anilines is 1. The molecule has 0 aliphatic carbocycles. The number of nitro benzene ring substituents is 1. The molecule has 6 nitrogen and oxygen atoms in total. The molecule has 2 rings (SSSR count). The molecule has 0 saturated heterocycles. The van der Waals surface area contributed by atoms with Crippen LogP contribution in [0.3, 0.4) is 0 Å². The lowest BCUT2D eigenvalue weighted by Crippen LogP contribution is -2.12. The van der Waals surface area contributed by atoms with Crippen molar-refractivity contribution in [3.8, 4) is 0 Å². The largest absolute Gasteiger partial charge is 0.396 e. The Labute approximate surface area is 116 Å². The van der Waals surface area contributed by atoms with Gasteiger partial charge in [0.1, 0.15) is 0 Å². The first-order chi connectivity index (χ1) is 9.63. The van der Waals surface area contributed by atoms with E-state index in [2.05, 4.69) is 10.3 Å². The second-order valence-corrected chi connectivity index (χ2v) is 4.81. The number of hydrogen-bond acceptors (Lipinski definition) is 5. The standard InChI is InChI=1S/C14H17N3O3/c1-10(5-7-18)8-16-13-2-3-14(17(19)20)11-4-6-15-9-12(11)13/h2-4,6,9-10,16,18H,5,7-8H2,1H3. The van der Waals surface area contributed by atoms with E-state index < -0.39 is 0 Å². The van der Waals surface area contributed by atoms with E-state index >= 15 is 0 Å². The van der Waals surface area contributed by atoms with Crippen LogP contribution in [-0.2, 0) is 0 Å². The zero-order valence-electron chi connectivity index (χ0n) is 11.2. The van der Waals surface area contributed by atoms with E-state index in [0.717, 1.165) is 17.5 Å². The molecule has 1 aromatic heterocycles. The van der Waals surface area contributed by atoms with Gasteiger partial charge in [-0.3, -0.25) is 15.1 Å². The number of benzene rings is 1. The summed E-state index contributed by atoms with van der Waals surface area (Å²) in [6, 6.07) is 4.85. The second-order valence-electron chi connectivity index (χ2n) is 4.81. The fourth-order valence-electron chi connectivity index (χ4n) is 2.09. The van der Waals surface area contributed by atoms with Crippen LogP contribution in [0.5, 0.6) is 0 Å². The zero-order valence-corrected chi connectivity index (χ0v) is 11.2. The lowest BCUT2D eigenvalue weighted by Gasteiger charge is -2.14. The first-order valence-corrected chi connectivity index (χ1v) is 6.49. The van der Waals surface area contributed by atoms with Crippen molar-refractivity contribution in [1.29, 1.82) is 0 Å². The maximum absolute atomic E-state index is 11.0. The van der Waals surface area contributed by atoms with Crippen molar-refractivity contribution in [1.82, 2.24) is 4.98 Å². The topological polar surface area (TPSA) is 88.3 Å². The molecule has 0 saturated carbocycles. The number of rotatable bonds is 6. The van der Waals surface area contributed by atoms with Gasteiger partial charge in [0.15, 0.2) is 0 Å². The molecule has 1 atom stereocenters. The van der Waals surface area contributed by atoms with Crippen LogP contribution >= 0.6 is 0 Å². The smallest absolute Gasteiger partial charge is 0.277 e. The molecular weight excluding hydrogens is 258 g/mol. The molecule has 106 valence electrons. The lowest BCUT2D eigenvalue weighted by molar-refractivity contribution is -0.383. The second kappa shape index (κ2) is 6.29. The SMILES string of the molecule is CC(CCO)CNc1ccc([N+](=O)[O-])c2ccncc12. The summed E-state index contributed by atoms with van der Waals surface area (Å²) in [5, 5.41) is 24.5. The summed E-state index contributed by atoms with van der Waals surface area (Å²) in [4.78, 5) is 14.7. The summed E-state index contributed by atoms with van der Waals surface area (Å²) in [5.41, 5.74) is 0.903. The number of pyridine rings is 1. The quantitative estimate of drug-likeness (QED) is 0.625. The molecule has 0 fully saturated rings. The maximum atomic E-state index is 11.0. The molecule has 0 aliphatic rings. The number of nitro groups is 1. The van der Waals surface area contributed by atoms with Gasteiger partial charge in [0, 0.05) is 42.7 Å². The Kier molecular flexibility index (Phi) is 4.47. The zero-order chi connectivity index (χ0) is 14.5. The van der Waals surface area contributed by atoms with Crippen LogP contribution in [0.1, 0.15) is 13.3 Å². The van der Waals surface area contributed by atoms with Gasteiger partial charge in [-0.2, -0.15) is 0 Å². The number of nitrogens with zero attached hydrogens (tertiary/aromatic N) is 2. The predicted molar refractivity (Wildman–Crippen MR) is 77.8 cm³/mol. The molecule has 0 spiro atoms. The summed E-state index contributed by atoms with van der Waals surface area (Å²) >= 11 is 0. The molecule has 0 aliphatic heterocycles. The number of fused-ring (bicyclic) bond motifs is 1. The molecule has 1 unspecified atom stereocenters. The fraction of sp³-hybridized carbons (Fsp3) is 0.357. The van der Waals surface area contributed by atoms with E-state index in [9.17, 15) is 10.1 Å². The highest BCUT2D eigenvalue weighted by molar-refractivity contribution is 5.99. The van der Waals surface area contributed by atoms with Crippen molar-refractivity contribution in [2.75, 3.05) is 18.5 Å². The van der Waals surface area contributed by atoms with Crippen molar-refractivity contribution < 1.29 is 10.0 Å². The highest BCUT2D eigenvalue weighted by Gasteiger charge is 2.14. The average Bonchev–Trinajstić information content (AvgIpc) is 2.44. The third kappa shape index (κ3) is 3.03. The maximum Gasteiger partial charge on any atom is 0.277 e. The number of aliphatic hydroxyl groups excluding tert-OH is 1. The minimum absolute atomic E-state index is 0.0800. The number of nitrogens with one attached hydrogen (secondary N) is 1. The summed E-state index contributed by atoms with van der Waals surface area (Å²) < 4.78 is 0. The third-order valence-corrected chi connectivity index (χ3v) is 3.25. The van der Waals surface area contributed by atoms with Crippen molar-refractivity contribution in [2.24, 2.45) is 5.92 Å². The van der Waals surface area contributed by atoms with Gasteiger partial charge in [-0.15, -0.1) is 0 Å². The van der Waals surface area contributed by atoms with Crippen LogP contribution < -0.4 is 5.32 Å². The van der Waals surface area contributed by atoms with Gasteiger partial charge < -0.3 is 10.4 Å². The third-order valence-electron chi connectivity index (χ3n) is 3.25. The van der Waals surface area contributed by atoms with Gasteiger partial charge >= 0.3 is 0 Å². The molecule has 20 heavy (non-hydrogen) atoms. The number of non-ortho nitro benzene ring substituents is 1. The Balaban J connectivity index is 2.31. The molecule has 1 aromatic carbocycles. The van der Waals surface area contributed by atoms with Crippen molar-refractivity contribution in [3.05, 3.63) is 40.7 Å². The van der Waals surface area contributed by atoms with E-state index in [4.69, 9.17) is 5.11 Å². The number of hydrogen-bond donors (Lipinski definition) is 2. The average molecular weight is 275 g/mol. The lowest BCUT2D eigenvalue weighted by atomic mass is 10.1. The van der Waals surface area contributed by atoms with Crippen molar-refractivity contribution >= 4 is 22.1 Å². The summed E-state index contributed by atoms with van der Waals surface area (Å²) in [6.07, 6.45) is 3.89. The normalized spacial score (nSPS) is 12.3. The van der Waals surface area contributed by atoms with Crippen LogP contribution in [0.2, 0.25) is 0 Å². The Morgan fingerprint density at radius 3 is 2.90 bits per heavy atom. The van der Waals surface area contributed by atoms with Gasteiger partial charge in [0.05, 0.1) is 10.3 Å². The molecule has 1 heterocycles. The molecule has 0 radical (unpaired) electrons. The minimum atomic E-state index is -0.388. The molecule has 0 amide bonds. The fourth-order valence-corrected chi connectivity index (χ4v) is 2.09. The first-order valence-electron chi connectivity index (χ1n) is 6.49. The van der Waals surface area contributed by atoms with Gasteiger partial charge in [0.25, 0.3) is 5.69 Å². The van der Waals surface area contributed by atoms with E-state index in [0.29, 0.717) is 17.8 Å². The van der Waals surface area contributed by atoms with Gasteiger partial charge in [-0.25, -0.2) is 0 Å². The van der Waals surface area contributed by atoms with Crippen LogP contribution in [-0.4, -0.2) is 28.2 Å². The highest BCUT2D eigenvalue weighted by Crippen LogP contribution is 2.30. The van der Waals surface area contributed by atoms with Gasteiger partial charge in [0.2, 0.25) is 0 Å². The van der Waals surface area contributed by atoms with Gasteiger partial charge in [-0.1, -0.05) is 6.92 Å². The summed E-state index contributed by atoms with van der Waals surface area (Å²) in [6.45, 7) is 2.89. The van der Waals surface area contributed by atoms with Crippen LogP contribution in [0, 0.1) is 16.0 Å². The summed E-state index contributed by atoms with van der Waals surface area (Å²) in [5.74, 6) is 0.321. The Morgan fingerprint density at radius 1 is 1.40 bits per heavy atom. The van der Waals surface area contributed by atoms with E-state index in [-0.39, 0.29) is 17.2 Å². The molecule has 6 heteroatoms. The molecule has 0 bridgehead atoms. The Hall–Kier alpha value is -2.21. The van der Waals surface area contributed by atoms with E-state index in [1.807, 2.05) is 6.92 Å². The van der Waals surface area contributed by atoms with Crippen LogP contribution in [0.15, 0.2) is 30.6 Å². The van der Waals surface area contributed by atoms with E-state index in [1.165, 1.54) is 6.07 Å². The molecule has 2 N–H and O–H groups in total. The molecular formula is C14H17N3O3. The van der Waals surface area contributed by atoms with E-state index in [1.54, 1.807) is 24.5 Å². The monoisotopic (exact) mass is 275 g/mol. The highest BCUT2D eigenvalue weighted by atomic mass is 16.6. The Morgan fingerprint density at radius 2 is 2.20 bits per heavy atom. The first kappa shape index (κ1) is 14.2. The van der Waals surface area contributed by atoms with Crippen molar-refractivity contribution in [3.63, 3.8) is 0 Å². The molecule has 2 aromatic rings. The van der Waals surface area contributed by atoms with Crippen LogP contribution in [0.4, 0.5) is 11.4 Å². The predicted octanol–water partition coefficient (Wildman–Crippen LogP) is 2.57. The Bertz CT molecular complexity index is 616.